The molecule has 3 rings (SSSR count). The average molecular weight is 367 g/mol. The van der Waals surface area contributed by atoms with Gasteiger partial charge in [0.1, 0.15) is 5.75 Å². The van der Waals surface area contributed by atoms with Crippen LogP contribution in [-0.2, 0) is 4.79 Å². The molecule has 1 atom stereocenters. The van der Waals surface area contributed by atoms with E-state index in [0.29, 0.717) is 19.5 Å². The number of aryl methyl sites for hydroxylation is 1. The second kappa shape index (κ2) is 8.12. The van der Waals surface area contributed by atoms with Crippen LogP contribution in [0.5, 0.6) is 5.75 Å². The maximum absolute atomic E-state index is 12.7. The lowest BCUT2D eigenvalue weighted by Crippen LogP contribution is -2.46. The summed E-state index contributed by atoms with van der Waals surface area (Å²) in [7, 11) is 1.61. The maximum Gasteiger partial charge on any atom is 0.322 e. The number of ether oxygens (including phenoxy) is 1. The summed E-state index contributed by atoms with van der Waals surface area (Å²) < 4.78 is 5.16. The highest BCUT2D eigenvalue weighted by atomic mass is 16.5. The van der Waals surface area contributed by atoms with E-state index in [1.54, 1.807) is 16.9 Å². The quantitative estimate of drug-likeness (QED) is 0.882. The molecular weight excluding hydrogens is 342 g/mol. The summed E-state index contributed by atoms with van der Waals surface area (Å²) in [5.74, 6) is 0.766. The molecular formula is C21H25N3O3. The van der Waals surface area contributed by atoms with Crippen molar-refractivity contribution in [3.63, 3.8) is 0 Å². The van der Waals surface area contributed by atoms with Crippen molar-refractivity contribution in [1.82, 2.24) is 5.32 Å². The van der Waals surface area contributed by atoms with Crippen molar-refractivity contribution in [1.29, 1.82) is 0 Å². The van der Waals surface area contributed by atoms with E-state index in [4.69, 9.17) is 4.74 Å². The molecule has 0 radical (unpaired) electrons. The van der Waals surface area contributed by atoms with E-state index in [1.807, 2.05) is 62.4 Å². The van der Waals surface area contributed by atoms with Crippen LogP contribution in [0.2, 0.25) is 0 Å². The summed E-state index contributed by atoms with van der Waals surface area (Å²) in [6, 6.07) is 14.8. The topological polar surface area (TPSA) is 61.9 Å². The number of anilines is 2. The first-order chi connectivity index (χ1) is 13.0. The minimum Gasteiger partial charge on any atom is -0.497 e. The van der Waals surface area contributed by atoms with Gasteiger partial charge in [-0.15, -0.1) is 0 Å². The van der Waals surface area contributed by atoms with Crippen LogP contribution in [0.3, 0.4) is 0 Å². The molecule has 1 unspecified atom stereocenters. The fourth-order valence-corrected chi connectivity index (χ4v) is 3.24. The smallest absolute Gasteiger partial charge is 0.322 e. The number of amides is 3. The molecule has 2 aromatic rings. The van der Waals surface area contributed by atoms with Crippen LogP contribution in [0, 0.1) is 6.92 Å². The molecule has 2 aromatic carbocycles. The molecule has 1 N–H and O–H groups in total. The van der Waals surface area contributed by atoms with Crippen LogP contribution in [0.15, 0.2) is 48.5 Å². The van der Waals surface area contributed by atoms with Gasteiger partial charge >= 0.3 is 6.03 Å². The number of hydrogen-bond donors (Lipinski definition) is 1. The Kier molecular flexibility index (Phi) is 5.64. The molecule has 1 aliphatic heterocycles. The number of carbonyl (C=O) groups excluding carboxylic acids is 2. The number of rotatable bonds is 5. The molecule has 27 heavy (non-hydrogen) atoms. The minimum absolute atomic E-state index is 0.0247. The Balaban J connectivity index is 1.66. The summed E-state index contributed by atoms with van der Waals surface area (Å²) in [4.78, 5) is 28.5. The maximum atomic E-state index is 12.7. The summed E-state index contributed by atoms with van der Waals surface area (Å²) in [5, 5.41) is 2.99. The Morgan fingerprint density at radius 3 is 2.44 bits per heavy atom. The Morgan fingerprint density at radius 2 is 1.85 bits per heavy atom. The molecule has 0 spiro atoms. The van der Waals surface area contributed by atoms with E-state index in [9.17, 15) is 9.59 Å². The normalized spacial score (nSPS) is 16.3. The van der Waals surface area contributed by atoms with E-state index in [0.717, 1.165) is 22.7 Å². The van der Waals surface area contributed by atoms with Crippen molar-refractivity contribution in [2.45, 2.75) is 26.3 Å². The first-order valence-electron chi connectivity index (χ1n) is 9.11. The van der Waals surface area contributed by atoms with Gasteiger partial charge in [0, 0.05) is 30.9 Å². The van der Waals surface area contributed by atoms with Gasteiger partial charge in [0.15, 0.2) is 0 Å². The van der Waals surface area contributed by atoms with Crippen LogP contribution in [0.25, 0.3) is 0 Å². The summed E-state index contributed by atoms with van der Waals surface area (Å²) >= 11 is 0. The van der Waals surface area contributed by atoms with Gasteiger partial charge in [-0.3, -0.25) is 9.69 Å². The third kappa shape index (κ3) is 4.22. The van der Waals surface area contributed by atoms with Crippen LogP contribution in [0.4, 0.5) is 16.2 Å². The molecule has 1 heterocycles. The standard InChI is InChI=1S/C21H25N3O3/c1-4-23(17-9-11-19(27-3)12-10-17)21(26)22-16-13-20(25)24(14-16)18-7-5-15(2)6-8-18/h5-12,16H,4,13-14H2,1-3H3,(H,22,26). The first-order valence-corrected chi connectivity index (χ1v) is 9.11. The molecule has 6 nitrogen and oxygen atoms in total. The fraction of sp³-hybridized carbons (Fsp3) is 0.333. The van der Waals surface area contributed by atoms with Gasteiger partial charge < -0.3 is 15.0 Å². The van der Waals surface area contributed by atoms with Crippen LogP contribution in [-0.4, -0.2) is 38.2 Å². The highest BCUT2D eigenvalue weighted by Crippen LogP contribution is 2.23. The van der Waals surface area contributed by atoms with Crippen LogP contribution in [0.1, 0.15) is 18.9 Å². The number of carbonyl (C=O) groups is 2. The predicted molar refractivity (Wildman–Crippen MR) is 106 cm³/mol. The zero-order valence-corrected chi connectivity index (χ0v) is 15.9. The summed E-state index contributed by atoms with van der Waals surface area (Å²) in [6.07, 6.45) is 0.305. The van der Waals surface area contributed by atoms with Crippen molar-refractivity contribution in [2.75, 3.05) is 30.0 Å². The molecule has 3 amide bonds. The van der Waals surface area contributed by atoms with Crippen LogP contribution < -0.4 is 19.9 Å². The Morgan fingerprint density at radius 1 is 1.19 bits per heavy atom. The second-order valence-electron chi connectivity index (χ2n) is 6.63. The molecule has 6 heteroatoms. The average Bonchev–Trinajstić information content (AvgIpc) is 3.03. The Bertz CT molecular complexity index is 802. The molecule has 1 fully saturated rings. The number of nitrogens with zero attached hydrogens (tertiary/aromatic N) is 2. The number of urea groups is 1. The molecule has 1 aliphatic rings. The lowest BCUT2D eigenvalue weighted by molar-refractivity contribution is -0.117. The molecule has 142 valence electrons. The van der Waals surface area contributed by atoms with E-state index in [1.165, 1.54) is 0 Å². The summed E-state index contributed by atoms with van der Waals surface area (Å²) in [5.41, 5.74) is 2.80. The van der Waals surface area contributed by atoms with Gasteiger partial charge in [-0.25, -0.2) is 4.79 Å². The molecule has 0 saturated carbocycles. The van der Waals surface area contributed by atoms with E-state index in [2.05, 4.69) is 5.32 Å². The minimum atomic E-state index is -0.210. The second-order valence-corrected chi connectivity index (χ2v) is 6.63. The third-order valence-electron chi connectivity index (χ3n) is 4.74. The fourth-order valence-electron chi connectivity index (χ4n) is 3.24. The first kappa shape index (κ1) is 18.8. The number of methoxy groups -OCH3 is 1. The van der Waals surface area contributed by atoms with Gasteiger partial charge in [-0.05, 0) is 50.2 Å². The molecule has 0 aliphatic carbocycles. The van der Waals surface area contributed by atoms with Gasteiger partial charge in [-0.2, -0.15) is 0 Å². The van der Waals surface area contributed by atoms with Crippen molar-refractivity contribution in [3.8, 4) is 5.75 Å². The highest BCUT2D eigenvalue weighted by molar-refractivity contribution is 5.98. The van der Waals surface area contributed by atoms with Crippen molar-refractivity contribution < 1.29 is 14.3 Å². The number of benzene rings is 2. The monoisotopic (exact) mass is 367 g/mol. The van der Waals surface area contributed by atoms with Gasteiger partial charge in [0.25, 0.3) is 0 Å². The van der Waals surface area contributed by atoms with Crippen molar-refractivity contribution in [3.05, 3.63) is 54.1 Å². The zero-order valence-electron chi connectivity index (χ0n) is 15.9. The van der Waals surface area contributed by atoms with Gasteiger partial charge in [-0.1, -0.05) is 17.7 Å². The zero-order chi connectivity index (χ0) is 19.4. The Labute approximate surface area is 159 Å². The lowest BCUT2D eigenvalue weighted by atomic mass is 10.2. The van der Waals surface area contributed by atoms with Gasteiger partial charge in [0.2, 0.25) is 5.91 Å². The largest absolute Gasteiger partial charge is 0.497 e. The molecule has 1 saturated heterocycles. The van der Waals surface area contributed by atoms with Crippen molar-refractivity contribution >= 4 is 23.3 Å². The number of hydrogen-bond acceptors (Lipinski definition) is 3. The summed E-state index contributed by atoms with van der Waals surface area (Å²) in [6.45, 7) is 4.94. The highest BCUT2D eigenvalue weighted by Gasteiger charge is 2.32. The predicted octanol–water partition coefficient (Wildman–Crippen LogP) is 3.35. The SMILES string of the molecule is CCN(C(=O)NC1CC(=O)N(c2ccc(C)cc2)C1)c1ccc(OC)cc1. The van der Waals surface area contributed by atoms with Gasteiger partial charge in [0.05, 0.1) is 13.2 Å². The van der Waals surface area contributed by atoms with Crippen molar-refractivity contribution in [2.24, 2.45) is 0 Å². The molecule has 0 bridgehead atoms. The number of nitrogens with one attached hydrogen (secondary N) is 1. The van der Waals surface area contributed by atoms with E-state index < -0.39 is 0 Å². The third-order valence-corrected chi connectivity index (χ3v) is 4.74. The van der Waals surface area contributed by atoms with E-state index in [-0.39, 0.29) is 18.0 Å². The molecule has 0 aromatic heterocycles. The van der Waals surface area contributed by atoms with E-state index >= 15 is 0 Å². The van der Waals surface area contributed by atoms with Crippen LogP contribution >= 0.6 is 0 Å². The Hall–Kier alpha value is -3.02. The lowest BCUT2D eigenvalue weighted by Gasteiger charge is -2.24.